The molecule has 0 bridgehead atoms. The predicted octanol–water partition coefficient (Wildman–Crippen LogP) is 4.36. The molecule has 1 amide bonds. The molecular formula is C25H23ClN2O7. The second-order valence-corrected chi connectivity index (χ2v) is 7.30. The largest absolute Gasteiger partial charge is 0.493 e. The quantitative estimate of drug-likeness (QED) is 0.202. The minimum atomic E-state index is -0.618. The highest BCUT2D eigenvalue weighted by Crippen LogP contribution is 2.38. The van der Waals surface area contributed by atoms with Crippen LogP contribution in [0.5, 0.6) is 28.7 Å². The first-order valence-electron chi connectivity index (χ1n) is 10.2. The summed E-state index contributed by atoms with van der Waals surface area (Å²) < 4.78 is 26.5. The van der Waals surface area contributed by atoms with Gasteiger partial charge in [0.25, 0.3) is 5.91 Å². The molecule has 35 heavy (non-hydrogen) atoms. The van der Waals surface area contributed by atoms with Crippen LogP contribution < -0.4 is 29.1 Å². The normalized spacial score (nSPS) is 10.5. The molecule has 3 aromatic rings. The molecule has 0 fully saturated rings. The lowest BCUT2D eigenvalue weighted by Gasteiger charge is -2.13. The second kappa shape index (κ2) is 11.8. The molecular weight excluding hydrogens is 476 g/mol. The van der Waals surface area contributed by atoms with Gasteiger partial charge in [-0.3, -0.25) is 4.79 Å². The fraction of sp³-hybridized carbons (Fsp3) is 0.160. The number of methoxy groups -OCH3 is 4. The molecule has 3 rings (SSSR count). The van der Waals surface area contributed by atoms with Crippen molar-refractivity contribution >= 4 is 29.7 Å². The van der Waals surface area contributed by atoms with Crippen LogP contribution in [0.3, 0.4) is 0 Å². The fourth-order valence-corrected chi connectivity index (χ4v) is 3.29. The van der Waals surface area contributed by atoms with E-state index in [1.165, 1.54) is 46.8 Å². The first-order chi connectivity index (χ1) is 16.9. The van der Waals surface area contributed by atoms with Crippen LogP contribution >= 0.6 is 11.6 Å². The third-order valence-electron chi connectivity index (χ3n) is 4.79. The number of halogens is 1. The Morgan fingerprint density at radius 2 is 1.49 bits per heavy atom. The third-order valence-corrected chi connectivity index (χ3v) is 5.12. The maximum Gasteiger partial charge on any atom is 0.345 e. The zero-order valence-corrected chi connectivity index (χ0v) is 20.2. The summed E-state index contributed by atoms with van der Waals surface area (Å²) in [5.74, 6) is 0.449. The van der Waals surface area contributed by atoms with Gasteiger partial charge in [-0.25, -0.2) is 10.2 Å². The molecule has 0 radical (unpaired) electrons. The molecule has 0 aliphatic carbocycles. The molecule has 3 aromatic carbocycles. The van der Waals surface area contributed by atoms with E-state index in [9.17, 15) is 9.59 Å². The van der Waals surface area contributed by atoms with Crippen LogP contribution in [-0.2, 0) is 0 Å². The lowest BCUT2D eigenvalue weighted by Crippen LogP contribution is -2.18. The number of hydrazone groups is 1. The lowest BCUT2D eigenvalue weighted by molar-refractivity contribution is 0.0729. The molecule has 0 aliphatic heterocycles. The SMILES string of the molecule is COc1cc(/C=N/NC(=O)c2cc(OC)c(OC)c(OC)c2)ccc1OC(=O)c1ccccc1Cl. The standard InChI is InChI=1S/C25H23ClN2O7/c1-31-20-11-15(9-10-19(20)35-25(30)17-7-5-6-8-18(17)26)14-27-28-24(29)16-12-21(32-2)23(34-4)22(13-16)33-3/h5-14H,1-4H3,(H,28,29)/b27-14+. The molecule has 9 nitrogen and oxygen atoms in total. The van der Waals surface area contributed by atoms with Gasteiger partial charge in [-0.1, -0.05) is 23.7 Å². The number of ether oxygens (including phenoxy) is 5. The van der Waals surface area contributed by atoms with Gasteiger partial charge in [0.1, 0.15) is 0 Å². The number of hydrogen-bond donors (Lipinski definition) is 1. The van der Waals surface area contributed by atoms with Crippen LogP contribution in [0.15, 0.2) is 59.7 Å². The van der Waals surface area contributed by atoms with Crippen LogP contribution in [0.2, 0.25) is 5.02 Å². The van der Waals surface area contributed by atoms with E-state index >= 15 is 0 Å². The summed E-state index contributed by atoms with van der Waals surface area (Å²) in [5, 5.41) is 4.26. The van der Waals surface area contributed by atoms with E-state index in [1.807, 2.05) is 0 Å². The Kier molecular flexibility index (Phi) is 8.53. The Balaban J connectivity index is 1.72. The smallest absolute Gasteiger partial charge is 0.345 e. The van der Waals surface area contributed by atoms with Gasteiger partial charge in [-0.2, -0.15) is 5.10 Å². The van der Waals surface area contributed by atoms with Gasteiger partial charge in [0.05, 0.1) is 45.2 Å². The minimum absolute atomic E-state index is 0.205. The highest BCUT2D eigenvalue weighted by molar-refractivity contribution is 6.33. The first-order valence-corrected chi connectivity index (χ1v) is 10.6. The molecule has 0 spiro atoms. The van der Waals surface area contributed by atoms with Crippen molar-refractivity contribution in [2.45, 2.75) is 0 Å². The maximum atomic E-state index is 12.6. The maximum absolute atomic E-state index is 12.6. The van der Waals surface area contributed by atoms with Gasteiger partial charge in [0.15, 0.2) is 23.0 Å². The topological polar surface area (TPSA) is 105 Å². The molecule has 0 aromatic heterocycles. The van der Waals surface area contributed by atoms with Gasteiger partial charge in [0.2, 0.25) is 5.75 Å². The lowest BCUT2D eigenvalue weighted by atomic mass is 10.1. The van der Waals surface area contributed by atoms with E-state index in [0.29, 0.717) is 28.6 Å². The van der Waals surface area contributed by atoms with Gasteiger partial charge in [0, 0.05) is 5.56 Å². The van der Waals surface area contributed by atoms with Crippen molar-refractivity contribution in [2.75, 3.05) is 28.4 Å². The summed E-state index contributed by atoms with van der Waals surface area (Å²) in [6.07, 6.45) is 1.41. The van der Waals surface area contributed by atoms with Crippen molar-refractivity contribution in [1.29, 1.82) is 0 Å². The number of rotatable bonds is 9. The fourth-order valence-electron chi connectivity index (χ4n) is 3.07. The summed E-state index contributed by atoms with van der Waals surface area (Å²) in [6.45, 7) is 0. The third kappa shape index (κ3) is 6.01. The van der Waals surface area contributed by atoms with E-state index in [-0.39, 0.29) is 21.9 Å². The van der Waals surface area contributed by atoms with E-state index < -0.39 is 11.9 Å². The number of nitrogens with zero attached hydrogens (tertiary/aromatic N) is 1. The summed E-state index contributed by atoms with van der Waals surface area (Å²) in [4.78, 5) is 25.0. The van der Waals surface area contributed by atoms with E-state index in [1.54, 1.807) is 42.5 Å². The molecule has 182 valence electrons. The molecule has 0 unspecified atom stereocenters. The molecule has 0 saturated heterocycles. The summed E-state index contributed by atoms with van der Waals surface area (Å²) >= 11 is 6.06. The van der Waals surface area contributed by atoms with Crippen molar-refractivity contribution in [3.63, 3.8) is 0 Å². The Bertz CT molecular complexity index is 1240. The predicted molar refractivity (Wildman–Crippen MR) is 131 cm³/mol. The van der Waals surface area contributed by atoms with Crippen LogP contribution in [-0.4, -0.2) is 46.5 Å². The van der Waals surface area contributed by atoms with Crippen molar-refractivity contribution in [3.8, 4) is 28.7 Å². The van der Waals surface area contributed by atoms with Gasteiger partial charge in [-0.15, -0.1) is 0 Å². The first kappa shape index (κ1) is 25.4. The number of benzene rings is 3. The van der Waals surface area contributed by atoms with Crippen LogP contribution in [0.1, 0.15) is 26.3 Å². The summed E-state index contributed by atoms with van der Waals surface area (Å²) in [7, 11) is 5.83. The average Bonchev–Trinajstić information content (AvgIpc) is 2.88. The average molecular weight is 499 g/mol. The van der Waals surface area contributed by atoms with E-state index in [2.05, 4.69) is 10.5 Å². The zero-order chi connectivity index (χ0) is 25.4. The molecule has 0 aliphatic rings. The van der Waals surface area contributed by atoms with E-state index in [4.69, 9.17) is 35.3 Å². The molecule has 1 N–H and O–H groups in total. The Morgan fingerprint density at radius 3 is 2.09 bits per heavy atom. The highest BCUT2D eigenvalue weighted by atomic mass is 35.5. The van der Waals surface area contributed by atoms with Crippen LogP contribution in [0.4, 0.5) is 0 Å². The minimum Gasteiger partial charge on any atom is -0.493 e. The number of carbonyl (C=O) groups is 2. The molecule has 0 saturated carbocycles. The van der Waals surface area contributed by atoms with E-state index in [0.717, 1.165) is 0 Å². The van der Waals surface area contributed by atoms with Crippen molar-refractivity contribution in [2.24, 2.45) is 5.10 Å². The van der Waals surface area contributed by atoms with Crippen LogP contribution in [0, 0.1) is 0 Å². The monoisotopic (exact) mass is 498 g/mol. The van der Waals surface area contributed by atoms with Crippen molar-refractivity contribution < 1.29 is 33.3 Å². The van der Waals surface area contributed by atoms with Crippen molar-refractivity contribution in [1.82, 2.24) is 5.43 Å². The number of esters is 1. The summed E-state index contributed by atoms with van der Waals surface area (Å²) in [5.41, 5.74) is 3.52. The summed E-state index contributed by atoms with van der Waals surface area (Å²) in [6, 6.07) is 14.4. The van der Waals surface area contributed by atoms with Gasteiger partial charge < -0.3 is 23.7 Å². The molecule has 0 atom stereocenters. The number of hydrogen-bond acceptors (Lipinski definition) is 8. The van der Waals surface area contributed by atoms with Gasteiger partial charge >= 0.3 is 5.97 Å². The van der Waals surface area contributed by atoms with Crippen LogP contribution in [0.25, 0.3) is 0 Å². The Labute approximate surface area is 207 Å². The highest BCUT2D eigenvalue weighted by Gasteiger charge is 2.17. The molecule has 0 heterocycles. The number of nitrogens with one attached hydrogen (secondary N) is 1. The number of carbonyl (C=O) groups excluding carboxylic acids is 2. The molecule has 10 heteroatoms. The second-order valence-electron chi connectivity index (χ2n) is 6.89. The van der Waals surface area contributed by atoms with Gasteiger partial charge in [-0.05, 0) is 48.0 Å². The van der Waals surface area contributed by atoms with Crippen molar-refractivity contribution in [3.05, 3.63) is 76.3 Å². The Hall–Kier alpha value is -4.24. The Morgan fingerprint density at radius 1 is 0.829 bits per heavy atom. The number of amides is 1. The zero-order valence-electron chi connectivity index (χ0n) is 19.5.